The van der Waals surface area contributed by atoms with Crippen LogP contribution in [-0.4, -0.2) is 25.2 Å². The van der Waals surface area contributed by atoms with Crippen molar-refractivity contribution in [2.45, 2.75) is 30.9 Å². The van der Waals surface area contributed by atoms with Crippen LogP contribution in [-0.2, 0) is 9.84 Å². The molecule has 3 nitrogen and oxygen atoms in total. The molecule has 1 aliphatic carbocycles. The van der Waals surface area contributed by atoms with Gasteiger partial charge in [0.2, 0.25) is 0 Å². The molecule has 98 valence electrons. The molecule has 0 N–H and O–H groups in total. The quantitative estimate of drug-likeness (QED) is 0.800. The summed E-state index contributed by atoms with van der Waals surface area (Å²) in [5.41, 5.74) is 0.365. The highest BCUT2D eigenvalue weighted by Crippen LogP contribution is 2.25. The van der Waals surface area contributed by atoms with Gasteiger partial charge in [-0.2, -0.15) is 0 Å². The summed E-state index contributed by atoms with van der Waals surface area (Å²) in [5.74, 6) is -0.776. The molecule has 18 heavy (non-hydrogen) atoms. The lowest BCUT2D eigenvalue weighted by atomic mass is 10.1. The van der Waals surface area contributed by atoms with Gasteiger partial charge in [0.15, 0.2) is 15.6 Å². The molecule has 0 unspecified atom stereocenters. The maximum Gasteiger partial charge on any atom is 0.177 e. The fourth-order valence-electron chi connectivity index (χ4n) is 2.29. The third kappa shape index (κ3) is 3.12. The van der Waals surface area contributed by atoms with Crippen molar-refractivity contribution in [3.8, 4) is 0 Å². The Labute approximate surface area is 112 Å². The van der Waals surface area contributed by atoms with Crippen molar-refractivity contribution in [2.75, 3.05) is 5.75 Å². The largest absolute Gasteiger partial charge is 0.293 e. The SMILES string of the molecule is O=C(CS(=O)(=O)C1CCCC1)c1cccc(Cl)c1. The number of Topliss-reactive ketones (excluding diaryl/α,β-unsaturated/α-hetero) is 1. The highest BCUT2D eigenvalue weighted by Gasteiger charge is 2.30. The zero-order valence-corrected chi connectivity index (χ0v) is 11.5. The predicted molar refractivity (Wildman–Crippen MR) is 71.8 cm³/mol. The molecule has 0 bridgehead atoms. The minimum Gasteiger partial charge on any atom is -0.293 e. The number of rotatable bonds is 4. The summed E-state index contributed by atoms with van der Waals surface area (Å²) in [6, 6.07) is 6.41. The van der Waals surface area contributed by atoms with Crippen LogP contribution in [0.1, 0.15) is 36.0 Å². The van der Waals surface area contributed by atoms with Crippen LogP contribution in [0.25, 0.3) is 0 Å². The van der Waals surface area contributed by atoms with Crippen molar-refractivity contribution < 1.29 is 13.2 Å². The maximum absolute atomic E-state index is 12.0. The molecule has 1 aromatic rings. The summed E-state index contributed by atoms with van der Waals surface area (Å²) < 4.78 is 24.1. The lowest BCUT2D eigenvalue weighted by molar-refractivity contribution is 0.102. The van der Waals surface area contributed by atoms with Crippen LogP contribution in [0.4, 0.5) is 0 Å². The molecule has 0 amide bonds. The molecule has 1 aliphatic rings. The van der Waals surface area contributed by atoms with Crippen molar-refractivity contribution in [3.05, 3.63) is 34.9 Å². The molecule has 0 aromatic heterocycles. The van der Waals surface area contributed by atoms with Crippen molar-refractivity contribution in [3.63, 3.8) is 0 Å². The highest BCUT2D eigenvalue weighted by molar-refractivity contribution is 7.92. The Morgan fingerprint density at radius 2 is 1.94 bits per heavy atom. The molecule has 0 spiro atoms. The predicted octanol–water partition coefficient (Wildman–Crippen LogP) is 2.88. The van der Waals surface area contributed by atoms with Crippen LogP contribution in [0.15, 0.2) is 24.3 Å². The summed E-state index contributed by atoms with van der Waals surface area (Å²) in [6.45, 7) is 0. The van der Waals surface area contributed by atoms with Gasteiger partial charge in [0.1, 0.15) is 5.75 Å². The number of halogens is 1. The molecule has 1 saturated carbocycles. The smallest absolute Gasteiger partial charge is 0.177 e. The molecule has 1 aromatic carbocycles. The first-order valence-electron chi connectivity index (χ1n) is 5.99. The normalized spacial score (nSPS) is 16.9. The Hall–Kier alpha value is -0.870. The minimum atomic E-state index is -3.31. The van der Waals surface area contributed by atoms with E-state index in [1.807, 2.05) is 0 Å². The standard InChI is InChI=1S/C13H15ClO3S/c14-11-5-3-4-10(8-11)13(15)9-18(16,17)12-6-1-2-7-12/h3-5,8,12H,1-2,6-7,9H2. The zero-order chi connectivity index (χ0) is 13.2. The molecule has 0 atom stereocenters. The minimum absolute atomic E-state index is 0.333. The van der Waals surface area contributed by atoms with Crippen molar-refractivity contribution >= 4 is 27.2 Å². The fraction of sp³-hybridized carbons (Fsp3) is 0.462. The van der Waals surface area contributed by atoms with Crippen LogP contribution in [0, 0.1) is 0 Å². The van der Waals surface area contributed by atoms with Gasteiger partial charge >= 0.3 is 0 Å². The van der Waals surface area contributed by atoms with E-state index >= 15 is 0 Å². The van der Waals surface area contributed by atoms with Gasteiger partial charge in [-0.1, -0.05) is 36.6 Å². The summed E-state index contributed by atoms with van der Waals surface area (Å²) in [4.78, 5) is 11.9. The highest BCUT2D eigenvalue weighted by atomic mass is 35.5. The number of benzene rings is 1. The van der Waals surface area contributed by atoms with Gasteiger partial charge in [-0.15, -0.1) is 0 Å². The van der Waals surface area contributed by atoms with E-state index in [-0.39, 0.29) is 11.0 Å². The van der Waals surface area contributed by atoms with E-state index in [1.54, 1.807) is 18.2 Å². The topological polar surface area (TPSA) is 51.2 Å². The van der Waals surface area contributed by atoms with E-state index in [4.69, 9.17) is 11.6 Å². The third-order valence-electron chi connectivity index (χ3n) is 3.29. The first kappa shape index (κ1) is 13.6. The van der Waals surface area contributed by atoms with E-state index in [9.17, 15) is 13.2 Å². The number of carbonyl (C=O) groups is 1. The van der Waals surface area contributed by atoms with Gasteiger partial charge in [-0.05, 0) is 25.0 Å². The number of ketones is 1. The first-order valence-corrected chi connectivity index (χ1v) is 8.09. The van der Waals surface area contributed by atoms with Crippen molar-refractivity contribution in [2.24, 2.45) is 0 Å². The van der Waals surface area contributed by atoms with E-state index in [2.05, 4.69) is 0 Å². The Kier molecular flexibility index (Phi) is 4.07. The van der Waals surface area contributed by atoms with Gasteiger partial charge < -0.3 is 0 Å². The lowest BCUT2D eigenvalue weighted by Crippen LogP contribution is -2.25. The van der Waals surface area contributed by atoms with Gasteiger partial charge in [0, 0.05) is 10.6 Å². The molecule has 5 heteroatoms. The summed E-state index contributed by atoms with van der Waals surface area (Å²) in [7, 11) is -3.31. The van der Waals surface area contributed by atoms with Gasteiger partial charge in [0.05, 0.1) is 5.25 Å². The van der Waals surface area contributed by atoms with Crippen molar-refractivity contribution in [1.29, 1.82) is 0 Å². The molecule has 0 radical (unpaired) electrons. The van der Waals surface area contributed by atoms with Gasteiger partial charge in [0.25, 0.3) is 0 Å². The second kappa shape index (κ2) is 5.41. The molecule has 0 aliphatic heterocycles. The van der Waals surface area contributed by atoms with E-state index in [0.717, 1.165) is 12.8 Å². The Morgan fingerprint density at radius 3 is 2.56 bits per heavy atom. The average Bonchev–Trinajstić information content (AvgIpc) is 2.82. The van der Waals surface area contributed by atoms with Crippen LogP contribution in [0.2, 0.25) is 5.02 Å². The summed E-state index contributed by atoms with van der Waals surface area (Å²) in [6.07, 6.45) is 3.25. The van der Waals surface area contributed by atoms with E-state index in [1.165, 1.54) is 6.07 Å². The van der Waals surface area contributed by atoms with Crippen LogP contribution < -0.4 is 0 Å². The summed E-state index contributed by atoms with van der Waals surface area (Å²) in [5, 5.41) is 0.111. The molecule has 2 rings (SSSR count). The van der Waals surface area contributed by atoms with Crippen molar-refractivity contribution in [1.82, 2.24) is 0 Å². The Morgan fingerprint density at radius 1 is 1.28 bits per heavy atom. The van der Waals surface area contributed by atoms with Crippen LogP contribution in [0.5, 0.6) is 0 Å². The van der Waals surface area contributed by atoms with E-state index < -0.39 is 15.6 Å². The van der Waals surface area contributed by atoms with Gasteiger partial charge in [-0.3, -0.25) is 4.79 Å². The van der Waals surface area contributed by atoms with Gasteiger partial charge in [-0.25, -0.2) is 8.42 Å². The number of sulfone groups is 1. The average molecular weight is 287 g/mol. The molecule has 1 fully saturated rings. The Bertz CT molecular complexity index is 545. The number of carbonyl (C=O) groups excluding carboxylic acids is 1. The second-order valence-electron chi connectivity index (χ2n) is 4.65. The fourth-order valence-corrected chi connectivity index (χ4v) is 4.30. The summed E-state index contributed by atoms with van der Waals surface area (Å²) >= 11 is 5.79. The zero-order valence-electron chi connectivity index (χ0n) is 9.93. The Balaban J connectivity index is 2.11. The van der Waals surface area contributed by atoms with E-state index in [0.29, 0.717) is 23.4 Å². The molecule has 0 heterocycles. The first-order chi connectivity index (χ1) is 8.49. The van der Waals surface area contributed by atoms with Crippen LogP contribution in [0.3, 0.4) is 0 Å². The third-order valence-corrected chi connectivity index (χ3v) is 5.68. The second-order valence-corrected chi connectivity index (χ2v) is 7.36. The monoisotopic (exact) mass is 286 g/mol. The number of hydrogen-bond donors (Lipinski definition) is 0. The molecular formula is C13H15ClO3S. The van der Waals surface area contributed by atoms with Crippen LogP contribution >= 0.6 is 11.6 Å². The lowest BCUT2D eigenvalue weighted by Gasteiger charge is -2.10. The maximum atomic E-state index is 12.0. The number of hydrogen-bond acceptors (Lipinski definition) is 3. The molecular weight excluding hydrogens is 272 g/mol. The molecule has 0 saturated heterocycles.